The minimum absolute atomic E-state index is 0.0123. The number of hydrogen-bond donors (Lipinski definition) is 1. The Hall–Kier alpha value is -3.90. The van der Waals surface area contributed by atoms with E-state index >= 15 is 0 Å². The summed E-state index contributed by atoms with van der Waals surface area (Å²) in [6, 6.07) is 4.68. The van der Waals surface area contributed by atoms with E-state index in [0.29, 0.717) is 41.4 Å². The zero-order valence-corrected chi connectivity index (χ0v) is 19.1. The van der Waals surface area contributed by atoms with E-state index in [1.54, 1.807) is 26.1 Å². The Morgan fingerprint density at radius 1 is 1.26 bits per heavy atom. The molecule has 3 aromatic heterocycles. The predicted octanol–water partition coefficient (Wildman–Crippen LogP) is 3.18. The third kappa shape index (κ3) is 5.97. The van der Waals surface area contributed by atoms with Gasteiger partial charge in [-0.3, -0.25) is 4.79 Å². The number of ether oxygens (including phenoxy) is 3. The number of hydrogen-bond acceptors (Lipinski definition) is 9. The van der Waals surface area contributed by atoms with Crippen LogP contribution in [0.2, 0.25) is 0 Å². The molecule has 0 amide bonds. The van der Waals surface area contributed by atoms with Crippen LogP contribution in [0.15, 0.2) is 24.5 Å². The van der Waals surface area contributed by atoms with Gasteiger partial charge in [0, 0.05) is 7.05 Å². The van der Waals surface area contributed by atoms with Crippen LogP contribution in [0.3, 0.4) is 0 Å². The van der Waals surface area contributed by atoms with Crippen LogP contribution >= 0.6 is 0 Å². The first-order chi connectivity index (χ1) is 16.8. The van der Waals surface area contributed by atoms with Gasteiger partial charge in [-0.05, 0) is 44.7 Å². The Labute approximate surface area is 199 Å². The fourth-order valence-corrected chi connectivity index (χ4v) is 3.90. The molecule has 186 valence electrons. The van der Waals surface area contributed by atoms with Gasteiger partial charge in [-0.15, -0.1) is 5.10 Å². The summed E-state index contributed by atoms with van der Waals surface area (Å²) in [6.45, 7) is -1.22. The van der Waals surface area contributed by atoms with E-state index in [9.17, 15) is 18.7 Å². The van der Waals surface area contributed by atoms with Crippen LogP contribution in [0.5, 0.6) is 17.5 Å². The number of carbonyl (C=O) groups is 1. The van der Waals surface area contributed by atoms with Gasteiger partial charge in [0.05, 0.1) is 29.5 Å². The van der Waals surface area contributed by atoms with Crippen LogP contribution in [0, 0.1) is 12.8 Å². The summed E-state index contributed by atoms with van der Waals surface area (Å²) < 4.78 is 42.3. The highest BCUT2D eigenvalue weighted by molar-refractivity contribution is 5.70. The molecule has 35 heavy (non-hydrogen) atoms. The van der Waals surface area contributed by atoms with Crippen molar-refractivity contribution in [3.05, 3.63) is 35.9 Å². The topological polar surface area (TPSA) is 134 Å². The number of aryl methyl sites for hydroxylation is 2. The quantitative estimate of drug-likeness (QED) is 0.476. The third-order valence-corrected chi connectivity index (χ3v) is 5.68. The normalized spacial score (nSPS) is 17.9. The number of nitrogens with zero attached hydrogens (tertiary/aromatic N) is 6. The van der Waals surface area contributed by atoms with Gasteiger partial charge in [0.2, 0.25) is 11.8 Å². The first-order valence-corrected chi connectivity index (χ1v) is 11.0. The van der Waals surface area contributed by atoms with Crippen molar-refractivity contribution in [1.82, 2.24) is 29.9 Å². The highest BCUT2D eigenvalue weighted by Gasteiger charge is 2.28. The lowest BCUT2D eigenvalue weighted by Crippen LogP contribution is -2.29. The second-order valence-corrected chi connectivity index (χ2v) is 8.09. The molecule has 13 heteroatoms. The molecule has 4 rings (SSSR count). The predicted molar refractivity (Wildman–Crippen MR) is 116 cm³/mol. The second-order valence-electron chi connectivity index (χ2n) is 8.09. The number of aliphatic carboxylic acids is 1. The molecule has 1 saturated carbocycles. The summed E-state index contributed by atoms with van der Waals surface area (Å²) in [5.74, 6) is -0.868. The fraction of sp³-hybridized carbons (Fsp3) is 0.455. The molecule has 0 radical (unpaired) electrons. The van der Waals surface area contributed by atoms with Gasteiger partial charge in [-0.25, -0.2) is 19.6 Å². The van der Waals surface area contributed by atoms with Crippen molar-refractivity contribution < 1.29 is 32.9 Å². The Kier molecular flexibility index (Phi) is 7.32. The summed E-state index contributed by atoms with van der Waals surface area (Å²) in [6.07, 6.45) is 3.61. The Morgan fingerprint density at radius 3 is 2.80 bits per heavy atom. The van der Waals surface area contributed by atoms with Gasteiger partial charge < -0.3 is 19.3 Å². The van der Waals surface area contributed by atoms with Crippen molar-refractivity contribution in [2.75, 3.05) is 0 Å². The van der Waals surface area contributed by atoms with E-state index in [2.05, 4.69) is 30.0 Å². The van der Waals surface area contributed by atoms with Gasteiger partial charge >= 0.3 is 12.6 Å². The number of halogens is 2. The number of carboxylic acids is 1. The lowest BCUT2D eigenvalue weighted by Gasteiger charge is -2.27. The van der Waals surface area contributed by atoms with Crippen LogP contribution in [0.1, 0.15) is 37.1 Å². The molecular formula is C22H24F2N6O5. The number of alkyl halides is 2. The van der Waals surface area contributed by atoms with E-state index in [1.165, 1.54) is 4.68 Å². The number of rotatable bonds is 9. The molecule has 1 N–H and O–H groups in total. The molecular weight excluding hydrogens is 466 g/mol. The first-order valence-electron chi connectivity index (χ1n) is 11.0. The highest BCUT2D eigenvalue weighted by atomic mass is 19.3. The van der Waals surface area contributed by atoms with Crippen molar-refractivity contribution in [3.8, 4) is 28.9 Å². The van der Waals surface area contributed by atoms with Crippen LogP contribution in [-0.2, 0) is 18.4 Å². The van der Waals surface area contributed by atoms with Crippen molar-refractivity contribution in [2.45, 2.75) is 51.9 Å². The Balaban J connectivity index is 1.46. The Bertz CT molecular complexity index is 1190. The van der Waals surface area contributed by atoms with Crippen LogP contribution in [0.4, 0.5) is 8.78 Å². The summed E-state index contributed by atoms with van der Waals surface area (Å²) in [7, 11) is 1.69. The molecule has 0 aliphatic heterocycles. The van der Waals surface area contributed by atoms with Crippen molar-refractivity contribution in [3.63, 3.8) is 0 Å². The minimum atomic E-state index is -3.01. The lowest BCUT2D eigenvalue weighted by molar-refractivity contribution is -0.143. The largest absolute Gasteiger partial charge is 0.489 e. The first kappa shape index (κ1) is 24.2. The van der Waals surface area contributed by atoms with Crippen molar-refractivity contribution in [1.29, 1.82) is 0 Å². The Morgan fingerprint density at radius 2 is 2.06 bits per heavy atom. The average Bonchev–Trinajstić information content (AvgIpc) is 3.19. The molecule has 0 saturated heterocycles. The number of carboxylic acid groups (broad SMARTS) is 1. The summed E-state index contributed by atoms with van der Waals surface area (Å²) in [5, 5.41) is 17.5. The van der Waals surface area contributed by atoms with Gasteiger partial charge in [0.1, 0.15) is 30.1 Å². The molecule has 1 unspecified atom stereocenters. The number of aromatic nitrogens is 6. The van der Waals surface area contributed by atoms with E-state index in [0.717, 1.165) is 25.2 Å². The molecule has 11 nitrogen and oxygen atoms in total. The summed E-state index contributed by atoms with van der Waals surface area (Å²) in [4.78, 5) is 23.4. The molecule has 1 aliphatic rings. The second kappa shape index (κ2) is 10.6. The maximum Gasteiger partial charge on any atom is 0.388 e. The average molecular weight is 490 g/mol. The van der Waals surface area contributed by atoms with E-state index < -0.39 is 18.5 Å². The zero-order chi connectivity index (χ0) is 24.9. The van der Waals surface area contributed by atoms with Crippen LogP contribution in [0.25, 0.3) is 11.4 Å². The van der Waals surface area contributed by atoms with Crippen LogP contribution in [-0.4, -0.2) is 53.7 Å². The fourth-order valence-electron chi connectivity index (χ4n) is 3.90. The zero-order valence-electron chi connectivity index (χ0n) is 19.1. The maximum atomic E-state index is 12.4. The van der Waals surface area contributed by atoms with Crippen molar-refractivity contribution in [2.24, 2.45) is 13.0 Å². The molecule has 3 aromatic rings. The summed E-state index contributed by atoms with van der Waals surface area (Å²) in [5.41, 5.74) is 2.22. The van der Waals surface area contributed by atoms with E-state index in [1.807, 2.05) is 0 Å². The molecule has 0 aromatic carbocycles. The van der Waals surface area contributed by atoms with Gasteiger partial charge in [0.25, 0.3) is 0 Å². The summed E-state index contributed by atoms with van der Waals surface area (Å²) >= 11 is 0. The number of pyridine rings is 1. The van der Waals surface area contributed by atoms with Gasteiger partial charge in [0.15, 0.2) is 0 Å². The van der Waals surface area contributed by atoms with Crippen molar-refractivity contribution >= 4 is 5.97 Å². The van der Waals surface area contributed by atoms with E-state index in [-0.39, 0.29) is 24.5 Å². The monoisotopic (exact) mass is 490 g/mol. The van der Waals surface area contributed by atoms with Gasteiger partial charge in [-0.2, -0.15) is 8.78 Å². The molecule has 0 bridgehead atoms. The third-order valence-electron chi connectivity index (χ3n) is 5.68. The molecule has 2 atom stereocenters. The van der Waals surface area contributed by atoms with E-state index in [4.69, 9.17) is 9.47 Å². The molecule has 1 aliphatic carbocycles. The van der Waals surface area contributed by atoms with Crippen LogP contribution < -0.4 is 14.2 Å². The molecule has 1 fully saturated rings. The maximum absolute atomic E-state index is 12.4. The minimum Gasteiger partial charge on any atom is -0.489 e. The lowest BCUT2D eigenvalue weighted by atomic mass is 9.87. The highest BCUT2D eigenvalue weighted by Crippen LogP contribution is 2.30. The molecule has 0 spiro atoms. The SMILES string of the molecule is Cc1nc(-c2nnn(C)c2COc2cc(OC(F)F)ncn2)ccc1OC1CCC[C@H](C(=O)O)C1. The smallest absolute Gasteiger partial charge is 0.388 e. The van der Waals surface area contributed by atoms with Gasteiger partial charge in [-0.1, -0.05) is 5.21 Å². The molecule has 3 heterocycles. The standard InChI is InChI=1S/C22H24F2N6O5/c1-12-17(34-14-5-3-4-13(8-14)21(31)32)7-6-15(27-12)20-16(30(2)29-28-20)10-33-18-9-19(26-11-25-18)35-22(23)24/h6-7,9,11,13-14,22H,3-5,8,10H2,1-2H3,(H,31,32)/t13-,14?/m0/s1.